The Bertz CT molecular complexity index is 521. The number of nitrogens with one attached hydrogen (secondary N) is 1. The summed E-state index contributed by atoms with van der Waals surface area (Å²) in [5.41, 5.74) is 3.75. The molecule has 0 aromatic heterocycles. The Balaban J connectivity index is 1.79. The topological polar surface area (TPSA) is 21.3 Å². The Morgan fingerprint density at radius 1 is 0.895 bits per heavy atom. The second-order valence-corrected chi connectivity index (χ2v) is 5.08. The van der Waals surface area contributed by atoms with E-state index >= 15 is 0 Å². The van der Waals surface area contributed by atoms with Crippen LogP contribution in [0.4, 0.5) is 0 Å². The van der Waals surface area contributed by atoms with E-state index in [1.165, 1.54) is 16.7 Å². The second-order valence-electron chi connectivity index (χ2n) is 5.08. The number of rotatable bonds is 2. The molecule has 2 nitrogen and oxygen atoms in total. The minimum Gasteiger partial charge on any atom is -0.368 e. The van der Waals surface area contributed by atoms with Crippen LogP contribution in [0.25, 0.3) is 11.1 Å². The Morgan fingerprint density at radius 2 is 1.58 bits per heavy atom. The molecule has 1 heterocycles. The van der Waals surface area contributed by atoms with E-state index in [-0.39, 0.29) is 12.2 Å². The molecule has 0 saturated carbocycles. The van der Waals surface area contributed by atoms with Crippen LogP contribution < -0.4 is 5.32 Å². The van der Waals surface area contributed by atoms with Gasteiger partial charge in [0.25, 0.3) is 0 Å². The first-order valence-electron chi connectivity index (χ1n) is 6.84. The summed E-state index contributed by atoms with van der Waals surface area (Å²) in [5, 5.41) is 3.40. The Labute approximate surface area is 114 Å². The van der Waals surface area contributed by atoms with Crippen molar-refractivity contribution in [3.05, 3.63) is 60.2 Å². The average molecular weight is 253 g/mol. The van der Waals surface area contributed by atoms with Crippen LogP contribution >= 0.6 is 0 Å². The fourth-order valence-corrected chi connectivity index (χ4v) is 2.51. The Morgan fingerprint density at radius 3 is 2.26 bits per heavy atom. The molecular weight excluding hydrogens is 234 g/mol. The van der Waals surface area contributed by atoms with Gasteiger partial charge in [0, 0.05) is 13.1 Å². The molecule has 98 valence electrons. The first-order valence-corrected chi connectivity index (χ1v) is 6.84. The molecule has 3 rings (SSSR count). The van der Waals surface area contributed by atoms with E-state index in [2.05, 4.69) is 60.8 Å². The van der Waals surface area contributed by atoms with Crippen molar-refractivity contribution in [3.63, 3.8) is 0 Å². The maximum Gasteiger partial charge on any atom is 0.0953 e. The van der Waals surface area contributed by atoms with Gasteiger partial charge >= 0.3 is 0 Å². The lowest BCUT2D eigenvalue weighted by molar-refractivity contribution is -0.0287. The molecule has 1 aliphatic heterocycles. The standard InChI is InChI=1S/C17H19NO/c1-13-11-18-12-17(19-13)16-9-7-15(8-10-16)14-5-3-2-4-6-14/h2-10,13,17-18H,11-12H2,1H3. The van der Waals surface area contributed by atoms with Crippen LogP contribution in [0.15, 0.2) is 54.6 Å². The molecular formula is C17H19NO. The number of morpholine rings is 1. The lowest BCUT2D eigenvalue weighted by Crippen LogP contribution is -2.38. The van der Waals surface area contributed by atoms with Crippen molar-refractivity contribution < 1.29 is 4.74 Å². The molecule has 1 N–H and O–H groups in total. The SMILES string of the molecule is CC1CNCC(c2ccc(-c3ccccc3)cc2)O1. The van der Waals surface area contributed by atoms with Gasteiger partial charge in [0.2, 0.25) is 0 Å². The highest BCUT2D eigenvalue weighted by Gasteiger charge is 2.20. The minimum atomic E-state index is 0.175. The highest BCUT2D eigenvalue weighted by atomic mass is 16.5. The lowest BCUT2D eigenvalue weighted by atomic mass is 10.0. The number of hydrogen-bond donors (Lipinski definition) is 1. The summed E-state index contributed by atoms with van der Waals surface area (Å²) in [5.74, 6) is 0. The number of ether oxygens (including phenoxy) is 1. The summed E-state index contributed by atoms with van der Waals surface area (Å²) in [7, 11) is 0. The zero-order valence-corrected chi connectivity index (χ0v) is 11.2. The van der Waals surface area contributed by atoms with E-state index in [4.69, 9.17) is 4.74 Å². The summed E-state index contributed by atoms with van der Waals surface area (Å²) < 4.78 is 5.96. The molecule has 2 unspecified atom stereocenters. The van der Waals surface area contributed by atoms with Crippen molar-refractivity contribution in [1.29, 1.82) is 0 Å². The van der Waals surface area contributed by atoms with Crippen LogP contribution in [0.3, 0.4) is 0 Å². The zero-order chi connectivity index (χ0) is 13.1. The van der Waals surface area contributed by atoms with Gasteiger partial charge in [-0.3, -0.25) is 0 Å². The summed E-state index contributed by atoms with van der Waals surface area (Å²) >= 11 is 0. The Hall–Kier alpha value is -1.64. The second kappa shape index (κ2) is 5.55. The predicted octanol–water partition coefficient (Wildman–Crippen LogP) is 3.40. The smallest absolute Gasteiger partial charge is 0.0953 e. The maximum atomic E-state index is 5.96. The molecule has 0 bridgehead atoms. The highest BCUT2D eigenvalue weighted by molar-refractivity contribution is 5.63. The van der Waals surface area contributed by atoms with Gasteiger partial charge < -0.3 is 10.1 Å². The number of hydrogen-bond acceptors (Lipinski definition) is 2. The van der Waals surface area contributed by atoms with Crippen LogP contribution in [0.2, 0.25) is 0 Å². The van der Waals surface area contributed by atoms with Crippen molar-refractivity contribution in [1.82, 2.24) is 5.32 Å². The molecule has 1 fully saturated rings. The number of benzene rings is 2. The van der Waals surface area contributed by atoms with Crippen molar-refractivity contribution in [3.8, 4) is 11.1 Å². The predicted molar refractivity (Wildman–Crippen MR) is 78.0 cm³/mol. The highest BCUT2D eigenvalue weighted by Crippen LogP contribution is 2.25. The molecule has 0 radical (unpaired) electrons. The molecule has 2 aromatic carbocycles. The van der Waals surface area contributed by atoms with E-state index in [1.807, 2.05) is 6.07 Å². The maximum absolute atomic E-state index is 5.96. The van der Waals surface area contributed by atoms with Crippen molar-refractivity contribution in [2.24, 2.45) is 0 Å². The summed E-state index contributed by atoms with van der Waals surface area (Å²) in [6.45, 7) is 3.95. The monoisotopic (exact) mass is 253 g/mol. The van der Waals surface area contributed by atoms with Gasteiger partial charge in [0.1, 0.15) is 0 Å². The van der Waals surface area contributed by atoms with Gasteiger partial charge in [0.05, 0.1) is 12.2 Å². The van der Waals surface area contributed by atoms with Crippen LogP contribution in [0.5, 0.6) is 0 Å². The van der Waals surface area contributed by atoms with Crippen LogP contribution in [-0.2, 0) is 4.74 Å². The molecule has 2 aromatic rings. The average Bonchev–Trinajstić information content (AvgIpc) is 2.48. The van der Waals surface area contributed by atoms with Crippen molar-refractivity contribution >= 4 is 0 Å². The van der Waals surface area contributed by atoms with Crippen LogP contribution in [0, 0.1) is 0 Å². The fourth-order valence-electron chi connectivity index (χ4n) is 2.51. The van der Waals surface area contributed by atoms with E-state index in [0.29, 0.717) is 0 Å². The van der Waals surface area contributed by atoms with Gasteiger partial charge in [-0.15, -0.1) is 0 Å². The first-order chi connectivity index (χ1) is 9.33. The van der Waals surface area contributed by atoms with Crippen molar-refractivity contribution in [2.45, 2.75) is 19.1 Å². The third-order valence-corrected chi connectivity index (χ3v) is 3.55. The molecule has 2 atom stereocenters. The normalized spacial score (nSPS) is 23.2. The van der Waals surface area contributed by atoms with Gasteiger partial charge in [-0.25, -0.2) is 0 Å². The van der Waals surface area contributed by atoms with E-state index in [1.54, 1.807) is 0 Å². The summed E-state index contributed by atoms with van der Waals surface area (Å²) in [6.07, 6.45) is 0.459. The van der Waals surface area contributed by atoms with Crippen LogP contribution in [0.1, 0.15) is 18.6 Å². The van der Waals surface area contributed by atoms with E-state index < -0.39 is 0 Å². The third kappa shape index (κ3) is 2.86. The first kappa shape index (κ1) is 12.4. The minimum absolute atomic E-state index is 0.175. The molecule has 1 aliphatic rings. The van der Waals surface area contributed by atoms with E-state index in [0.717, 1.165) is 13.1 Å². The Kier molecular flexibility index (Phi) is 3.62. The largest absolute Gasteiger partial charge is 0.368 e. The molecule has 1 saturated heterocycles. The van der Waals surface area contributed by atoms with Crippen molar-refractivity contribution in [2.75, 3.05) is 13.1 Å². The lowest BCUT2D eigenvalue weighted by Gasteiger charge is -2.29. The summed E-state index contributed by atoms with van der Waals surface area (Å²) in [6, 6.07) is 19.1. The van der Waals surface area contributed by atoms with Gasteiger partial charge in [-0.05, 0) is 23.6 Å². The molecule has 2 heteroatoms. The summed E-state index contributed by atoms with van der Waals surface area (Å²) in [4.78, 5) is 0. The van der Waals surface area contributed by atoms with E-state index in [9.17, 15) is 0 Å². The zero-order valence-electron chi connectivity index (χ0n) is 11.2. The molecule has 0 amide bonds. The molecule has 0 aliphatic carbocycles. The quantitative estimate of drug-likeness (QED) is 0.885. The van der Waals surface area contributed by atoms with Gasteiger partial charge in [-0.1, -0.05) is 54.6 Å². The van der Waals surface area contributed by atoms with Gasteiger partial charge in [0.15, 0.2) is 0 Å². The molecule has 19 heavy (non-hydrogen) atoms. The third-order valence-electron chi connectivity index (χ3n) is 3.55. The molecule has 0 spiro atoms. The van der Waals surface area contributed by atoms with Crippen LogP contribution in [-0.4, -0.2) is 19.2 Å². The van der Waals surface area contributed by atoms with Gasteiger partial charge in [-0.2, -0.15) is 0 Å². The fraction of sp³-hybridized carbons (Fsp3) is 0.294.